The summed E-state index contributed by atoms with van der Waals surface area (Å²) in [5, 5.41) is 3.39. The molecule has 0 aliphatic heterocycles. The van der Waals surface area contributed by atoms with Crippen molar-refractivity contribution in [2.45, 2.75) is 0 Å². The minimum Gasteiger partial charge on any atom is -0.497 e. The van der Waals surface area contributed by atoms with E-state index < -0.39 is 0 Å². The van der Waals surface area contributed by atoms with Crippen molar-refractivity contribution in [1.82, 2.24) is 0 Å². The molecule has 0 saturated carbocycles. The van der Waals surface area contributed by atoms with E-state index in [0.29, 0.717) is 0 Å². The van der Waals surface area contributed by atoms with Crippen LogP contribution < -0.4 is 15.0 Å². The van der Waals surface area contributed by atoms with Crippen LogP contribution >= 0.6 is 0 Å². The first-order valence-corrected chi connectivity index (χ1v) is 7.56. The van der Waals surface area contributed by atoms with Crippen LogP contribution in [0.3, 0.4) is 0 Å². The fraction of sp³-hybridized carbons (Fsp3) is 0.100. The number of nitrogens with zero attached hydrogens (tertiary/aromatic N) is 1. The Bertz CT molecular complexity index is 754. The molecule has 3 rings (SSSR count). The highest BCUT2D eigenvalue weighted by atomic mass is 16.5. The van der Waals surface area contributed by atoms with Crippen LogP contribution in [-0.4, -0.2) is 14.2 Å². The lowest BCUT2D eigenvalue weighted by molar-refractivity contribution is 0.415. The summed E-state index contributed by atoms with van der Waals surface area (Å²) in [4.78, 5) is 2.16. The Hall–Kier alpha value is -2.94. The van der Waals surface area contributed by atoms with Crippen LogP contribution in [0.5, 0.6) is 5.75 Å². The van der Waals surface area contributed by atoms with E-state index in [1.54, 1.807) is 7.11 Å². The molecule has 3 heteroatoms. The monoisotopic (exact) mass is 304 g/mol. The number of para-hydroxylation sites is 1. The summed E-state index contributed by atoms with van der Waals surface area (Å²) < 4.78 is 5.25. The van der Waals surface area contributed by atoms with Crippen molar-refractivity contribution in [2.24, 2.45) is 0 Å². The summed E-state index contributed by atoms with van der Waals surface area (Å²) in [6.45, 7) is 0. The Morgan fingerprint density at radius 1 is 0.739 bits per heavy atom. The van der Waals surface area contributed by atoms with Crippen LogP contribution in [0.1, 0.15) is 0 Å². The van der Waals surface area contributed by atoms with Gasteiger partial charge in [0.25, 0.3) is 0 Å². The fourth-order valence-electron chi connectivity index (χ4n) is 2.44. The molecule has 0 fully saturated rings. The fourth-order valence-corrected chi connectivity index (χ4v) is 2.44. The third kappa shape index (κ3) is 3.64. The summed E-state index contributed by atoms with van der Waals surface area (Å²) in [6.07, 6.45) is 0. The number of methoxy groups -OCH3 is 1. The number of anilines is 4. The van der Waals surface area contributed by atoms with Gasteiger partial charge in [0.15, 0.2) is 0 Å². The molecule has 0 aliphatic carbocycles. The van der Waals surface area contributed by atoms with Crippen molar-refractivity contribution in [3.8, 4) is 5.75 Å². The van der Waals surface area contributed by atoms with Crippen molar-refractivity contribution in [1.29, 1.82) is 0 Å². The number of ether oxygens (including phenoxy) is 1. The van der Waals surface area contributed by atoms with Gasteiger partial charge in [0.1, 0.15) is 5.75 Å². The van der Waals surface area contributed by atoms with Gasteiger partial charge >= 0.3 is 0 Å². The molecule has 3 nitrogen and oxygen atoms in total. The minimum atomic E-state index is 0.843. The molecule has 0 amide bonds. The smallest absolute Gasteiger partial charge is 0.120 e. The van der Waals surface area contributed by atoms with Crippen LogP contribution in [-0.2, 0) is 0 Å². The molecule has 0 unspecified atom stereocenters. The summed E-state index contributed by atoms with van der Waals surface area (Å²) >= 11 is 0. The van der Waals surface area contributed by atoms with Crippen molar-refractivity contribution in [3.05, 3.63) is 78.9 Å². The molecule has 0 heterocycles. The van der Waals surface area contributed by atoms with Gasteiger partial charge in [-0.15, -0.1) is 0 Å². The molecule has 116 valence electrons. The molecular weight excluding hydrogens is 284 g/mol. The van der Waals surface area contributed by atoms with E-state index in [2.05, 4.69) is 53.7 Å². The van der Waals surface area contributed by atoms with Gasteiger partial charge < -0.3 is 15.0 Å². The number of hydrogen-bond donors (Lipinski definition) is 1. The highest BCUT2D eigenvalue weighted by Crippen LogP contribution is 2.26. The Kier molecular flexibility index (Phi) is 4.48. The molecule has 0 atom stereocenters. The Morgan fingerprint density at radius 3 is 2.13 bits per heavy atom. The van der Waals surface area contributed by atoms with Crippen molar-refractivity contribution in [2.75, 3.05) is 24.4 Å². The molecule has 0 aliphatic rings. The Morgan fingerprint density at radius 2 is 1.43 bits per heavy atom. The van der Waals surface area contributed by atoms with Crippen molar-refractivity contribution < 1.29 is 4.74 Å². The standard InChI is InChI=1S/C20H20N2O/c1-22(18-8-4-3-5-9-18)19-13-11-16(12-14-19)21-17-7-6-10-20(15-17)23-2/h3-15,21H,1-2H3. The Balaban J connectivity index is 1.74. The lowest BCUT2D eigenvalue weighted by Gasteiger charge is -2.20. The van der Waals surface area contributed by atoms with Gasteiger partial charge in [-0.05, 0) is 48.5 Å². The zero-order chi connectivity index (χ0) is 16.1. The molecule has 3 aromatic rings. The first-order chi connectivity index (χ1) is 11.3. The summed E-state index contributed by atoms with van der Waals surface area (Å²) in [6, 6.07) is 26.6. The SMILES string of the molecule is COc1cccc(Nc2ccc(N(C)c3ccccc3)cc2)c1. The van der Waals surface area contributed by atoms with E-state index in [1.807, 2.05) is 42.5 Å². The molecule has 0 spiro atoms. The molecule has 0 aromatic heterocycles. The van der Waals surface area contributed by atoms with Gasteiger partial charge in [-0.1, -0.05) is 24.3 Å². The normalized spacial score (nSPS) is 10.2. The molecular formula is C20H20N2O. The lowest BCUT2D eigenvalue weighted by Crippen LogP contribution is -2.08. The molecule has 0 radical (unpaired) electrons. The predicted molar refractivity (Wildman–Crippen MR) is 97.2 cm³/mol. The number of benzene rings is 3. The first-order valence-electron chi connectivity index (χ1n) is 7.56. The quantitative estimate of drug-likeness (QED) is 0.700. The maximum absolute atomic E-state index is 5.25. The number of rotatable bonds is 5. The van der Waals surface area contributed by atoms with E-state index in [1.165, 1.54) is 5.69 Å². The van der Waals surface area contributed by atoms with Crippen LogP contribution in [0, 0.1) is 0 Å². The first kappa shape index (κ1) is 15.0. The highest BCUT2D eigenvalue weighted by molar-refractivity contribution is 5.67. The predicted octanol–water partition coefficient (Wildman–Crippen LogP) is 5.21. The lowest BCUT2D eigenvalue weighted by atomic mass is 10.2. The van der Waals surface area contributed by atoms with Gasteiger partial charge in [0.05, 0.1) is 7.11 Å². The molecule has 0 bridgehead atoms. The maximum Gasteiger partial charge on any atom is 0.120 e. The second-order valence-electron chi connectivity index (χ2n) is 5.30. The van der Waals surface area contributed by atoms with Crippen LogP contribution in [0.4, 0.5) is 22.7 Å². The van der Waals surface area contributed by atoms with Crippen LogP contribution in [0.2, 0.25) is 0 Å². The zero-order valence-electron chi connectivity index (χ0n) is 13.4. The van der Waals surface area contributed by atoms with Crippen molar-refractivity contribution >= 4 is 22.7 Å². The third-order valence-electron chi connectivity index (χ3n) is 3.76. The molecule has 0 saturated heterocycles. The van der Waals surface area contributed by atoms with Gasteiger partial charge in [0, 0.05) is 35.9 Å². The third-order valence-corrected chi connectivity index (χ3v) is 3.76. The number of hydrogen-bond acceptors (Lipinski definition) is 3. The Labute approximate surface area is 137 Å². The van der Waals surface area contributed by atoms with Crippen molar-refractivity contribution in [3.63, 3.8) is 0 Å². The van der Waals surface area contributed by atoms with Gasteiger partial charge in [-0.3, -0.25) is 0 Å². The number of nitrogens with one attached hydrogen (secondary N) is 1. The molecule has 1 N–H and O–H groups in total. The van der Waals surface area contributed by atoms with Gasteiger partial charge in [-0.2, -0.15) is 0 Å². The van der Waals surface area contributed by atoms with E-state index in [4.69, 9.17) is 4.74 Å². The zero-order valence-corrected chi connectivity index (χ0v) is 13.4. The highest BCUT2D eigenvalue weighted by Gasteiger charge is 2.03. The maximum atomic E-state index is 5.25. The summed E-state index contributed by atoms with van der Waals surface area (Å²) in [5.74, 6) is 0.843. The second-order valence-corrected chi connectivity index (χ2v) is 5.30. The average Bonchev–Trinajstić information content (AvgIpc) is 2.63. The van der Waals surface area contributed by atoms with E-state index >= 15 is 0 Å². The minimum absolute atomic E-state index is 0.843. The van der Waals surface area contributed by atoms with Crippen LogP contribution in [0.15, 0.2) is 78.9 Å². The largest absolute Gasteiger partial charge is 0.497 e. The summed E-state index contributed by atoms with van der Waals surface area (Å²) in [5.41, 5.74) is 4.37. The average molecular weight is 304 g/mol. The van der Waals surface area contributed by atoms with E-state index in [0.717, 1.165) is 22.8 Å². The van der Waals surface area contributed by atoms with Gasteiger partial charge in [0.2, 0.25) is 0 Å². The summed E-state index contributed by atoms with van der Waals surface area (Å²) in [7, 11) is 3.74. The molecule has 3 aromatic carbocycles. The molecule has 23 heavy (non-hydrogen) atoms. The second kappa shape index (κ2) is 6.88. The topological polar surface area (TPSA) is 24.5 Å². The van der Waals surface area contributed by atoms with Gasteiger partial charge in [-0.25, -0.2) is 0 Å². The van der Waals surface area contributed by atoms with E-state index in [9.17, 15) is 0 Å². The van der Waals surface area contributed by atoms with Crippen LogP contribution in [0.25, 0.3) is 0 Å². The van der Waals surface area contributed by atoms with E-state index in [-0.39, 0.29) is 0 Å².